The molecule has 0 radical (unpaired) electrons. The van der Waals surface area contributed by atoms with Crippen LogP contribution in [0.15, 0.2) is 18.3 Å². The van der Waals surface area contributed by atoms with Crippen molar-refractivity contribution >= 4 is 28.6 Å². The third-order valence-electron chi connectivity index (χ3n) is 2.82. The minimum absolute atomic E-state index is 0.596. The van der Waals surface area contributed by atoms with Gasteiger partial charge in [-0.15, -0.1) is 11.3 Å². The molecule has 0 fully saturated rings. The van der Waals surface area contributed by atoms with E-state index in [0.717, 1.165) is 11.4 Å². The first-order valence-corrected chi connectivity index (χ1v) is 6.67. The van der Waals surface area contributed by atoms with Crippen molar-refractivity contribution in [2.24, 2.45) is 0 Å². The lowest BCUT2D eigenvalue weighted by Crippen LogP contribution is -2.00. The third kappa shape index (κ3) is 2.99. The number of hydrogen-bond donors (Lipinski definition) is 1. The molecule has 0 amide bonds. The van der Waals surface area contributed by atoms with Crippen LogP contribution in [0.4, 0.5) is 5.69 Å². The number of nitrogens with zero attached hydrogens (tertiary/aromatic N) is 1. The van der Waals surface area contributed by atoms with E-state index in [1.54, 1.807) is 0 Å². The van der Waals surface area contributed by atoms with Crippen LogP contribution in [0.3, 0.4) is 0 Å². The van der Waals surface area contributed by atoms with Gasteiger partial charge in [0.05, 0.1) is 6.54 Å². The van der Waals surface area contributed by atoms with Crippen molar-refractivity contribution in [1.29, 1.82) is 0 Å². The van der Waals surface area contributed by atoms with Crippen LogP contribution in [0.2, 0.25) is 4.47 Å². The van der Waals surface area contributed by atoms with Gasteiger partial charge in [-0.3, -0.25) is 0 Å². The van der Waals surface area contributed by atoms with Crippen LogP contribution in [0.1, 0.15) is 21.6 Å². The first kappa shape index (κ1) is 12.4. The number of hydrogen-bond acceptors (Lipinski definition) is 3. The Bertz CT molecular complexity index is 534. The van der Waals surface area contributed by atoms with Gasteiger partial charge in [0, 0.05) is 16.8 Å². The second-order valence-corrected chi connectivity index (χ2v) is 5.88. The number of anilines is 1. The molecule has 1 heterocycles. The monoisotopic (exact) mass is 266 g/mol. The second kappa shape index (κ2) is 5.07. The Kier molecular flexibility index (Phi) is 3.69. The number of thiazole rings is 1. The maximum atomic E-state index is 5.80. The zero-order valence-corrected chi connectivity index (χ0v) is 11.7. The standard InChI is InChI=1S/C13H15ClN2S/c1-8-4-10(3)12(5-9(8)2)15-6-11-7-16-13(14)17-11/h4-5,7,15H,6H2,1-3H3. The minimum atomic E-state index is 0.596. The fraction of sp³-hybridized carbons (Fsp3) is 0.308. The molecule has 4 heteroatoms. The van der Waals surface area contributed by atoms with Gasteiger partial charge in [-0.05, 0) is 43.5 Å². The molecule has 0 aliphatic heterocycles. The maximum Gasteiger partial charge on any atom is 0.183 e. The summed E-state index contributed by atoms with van der Waals surface area (Å²) in [6, 6.07) is 4.39. The van der Waals surface area contributed by atoms with E-state index in [9.17, 15) is 0 Å². The topological polar surface area (TPSA) is 24.9 Å². The Hall–Kier alpha value is -1.06. The number of rotatable bonds is 3. The highest BCUT2D eigenvalue weighted by atomic mass is 35.5. The molecule has 2 rings (SSSR count). The number of nitrogens with one attached hydrogen (secondary N) is 1. The Morgan fingerprint density at radius 1 is 1.18 bits per heavy atom. The number of aromatic nitrogens is 1. The van der Waals surface area contributed by atoms with E-state index in [2.05, 4.69) is 43.2 Å². The van der Waals surface area contributed by atoms with Gasteiger partial charge < -0.3 is 5.32 Å². The summed E-state index contributed by atoms with van der Waals surface area (Å²) >= 11 is 7.31. The smallest absolute Gasteiger partial charge is 0.183 e. The molecule has 1 N–H and O–H groups in total. The summed E-state index contributed by atoms with van der Waals surface area (Å²) in [5.74, 6) is 0. The fourth-order valence-corrected chi connectivity index (χ4v) is 2.62. The maximum absolute atomic E-state index is 5.80. The molecule has 0 saturated heterocycles. The minimum Gasteiger partial charge on any atom is -0.380 e. The molecular formula is C13H15ClN2S. The van der Waals surface area contributed by atoms with Gasteiger partial charge in [-0.2, -0.15) is 0 Å². The molecule has 0 aliphatic rings. The van der Waals surface area contributed by atoms with E-state index in [-0.39, 0.29) is 0 Å². The van der Waals surface area contributed by atoms with Crippen LogP contribution in [0, 0.1) is 20.8 Å². The molecule has 1 aromatic heterocycles. The van der Waals surface area contributed by atoms with E-state index >= 15 is 0 Å². The van der Waals surface area contributed by atoms with Crippen molar-refractivity contribution in [3.63, 3.8) is 0 Å². The molecule has 0 unspecified atom stereocenters. The van der Waals surface area contributed by atoms with Crippen molar-refractivity contribution in [1.82, 2.24) is 4.98 Å². The highest BCUT2D eigenvalue weighted by molar-refractivity contribution is 7.15. The van der Waals surface area contributed by atoms with E-state index in [1.807, 2.05) is 6.20 Å². The van der Waals surface area contributed by atoms with Gasteiger partial charge >= 0.3 is 0 Å². The first-order chi connectivity index (χ1) is 8.06. The molecule has 0 saturated carbocycles. The lowest BCUT2D eigenvalue weighted by atomic mass is 10.1. The molecular weight excluding hydrogens is 252 g/mol. The van der Waals surface area contributed by atoms with Crippen molar-refractivity contribution in [3.05, 3.63) is 44.4 Å². The first-order valence-electron chi connectivity index (χ1n) is 5.48. The van der Waals surface area contributed by atoms with E-state index < -0.39 is 0 Å². The van der Waals surface area contributed by atoms with E-state index in [4.69, 9.17) is 11.6 Å². The van der Waals surface area contributed by atoms with Gasteiger partial charge in [0.2, 0.25) is 0 Å². The predicted octanol–water partition coefficient (Wildman–Crippen LogP) is 4.33. The van der Waals surface area contributed by atoms with Gasteiger partial charge in [0.1, 0.15) is 0 Å². The highest BCUT2D eigenvalue weighted by Gasteiger charge is 2.03. The molecule has 2 aromatic rings. The van der Waals surface area contributed by atoms with Crippen molar-refractivity contribution < 1.29 is 0 Å². The summed E-state index contributed by atoms with van der Waals surface area (Å²) in [7, 11) is 0. The SMILES string of the molecule is Cc1cc(C)c(NCc2cnc(Cl)s2)cc1C. The molecule has 0 spiro atoms. The molecule has 0 aliphatic carbocycles. The van der Waals surface area contributed by atoms with Gasteiger partial charge in [-0.1, -0.05) is 17.7 Å². The van der Waals surface area contributed by atoms with Crippen LogP contribution >= 0.6 is 22.9 Å². The summed E-state index contributed by atoms with van der Waals surface area (Å²) in [4.78, 5) is 5.17. The normalized spacial score (nSPS) is 10.6. The van der Waals surface area contributed by atoms with Crippen LogP contribution in [0.25, 0.3) is 0 Å². The zero-order chi connectivity index (χ0) is 12.4. The number of halogens is 1. The zero-order valence-electron chi connectivity index (χ0n) is 10.2. The third-order valence-corrected chi connectivity index (χ3v) is 3.93. The molecule has 0 bridgehead atoms. The average Bonchev–Trinajstić information content (AvgIpc) is 2.68. The van der Waals surface area contributed by atoms with Crippen LogP contribution in [0.5, 0.6) is 0 Å². The van der Waals surface area contributed by atoms with E-state index in [0.29, 0.717) is 4.47 Å². The summed E-state index contributed by atoms with van der Waals surface area (Å²) in [6.45, 7) is 7.15. The van der Waals surface area contributed by atoms with Crippen molar-refractivity contribution in [3.8, 4) is 0 Å². The number of benzene rings is 1. The van der Waals surface area contributed by atoms with Crippen LogP contribution in [-0.2, 0) is 6.54 Å². The highest BCUT2D eigenvalue weighted by Crippen LogP contribution is 2.23. The van der Waals surface area contributed by atoms with Gasteiger partial charge in [0.15, 0.2) is 4.47 Å². The van der Waals surface area contributed by atoms with E-state index in [1.165, 1.54) is 33.7 Å². The quantitative estimate of drug-likeness (QED) is 0.894. The van der Waals surface area contributed by atoms with Crippen molar-refractivity contribution in [2.75, 3.05) is 5.32 Å². The Morgan fingerprint density at radius 3 is 2.53 bits per heavy atom. The Morgan fingerprint density at radius 2 is 1.88 bits per heavy atom. The van der Waals surface area contributed by atoms with Gasteiger partial charge in [0.25, 0.3) is 0 Å². The molecule has 17 heavy (non-hydrogen) atoms. The van der Waals surface area contributed by atoms with Crippen LogP contribution in [-0.4, -0.2) is 4.98 Å². The number of aryl methyl sites for hydroxylation is 3. The Labute approximate surface area is 111 Å². The summed E-state index contributed by atoms with van der Waals surface area (Å²) in [6.07, 6.45) is 1.82. The van der Waals surface area contributed by atoms with Gasteiger partial charge in [-0.25, -0.2) is 4.98 Å². The summed E-state index contributed by atoms with van der Waals surface area (Å²) in [5, 5.41) is 3.42. The molecule has 1 aromatic carbocycles. The molecule has 90 valence electrons. The Balaban J connectivity index is 2.11. The molecule has 0 atom stereocenters. The lowest BCUT2D eigenvalue weighted by molar-refractivity contribution is 1.15. The lowest BCUT2D eigenvalue weighted by Gasteiger charge is -2.11. The van der Waals surface area contributed by atoms with Crippen LogP contribution < -0.4 is 5.32 Å². The summed E-state index contributed by atoms with van der Waals surface area (Å²) in [5.41, 5.74) is 5.08. The largest absolute Gasteiger partial charge is 0.380 e. The van der Waals surface area contributed by atoms with Crippen molar-refractivity contribution in [2.45, 2.75) is 27.3 Å². The second-order valence-electron chi connectivity index (χ2n) is 4.18. The summed E-state index contributed by atoms with van der Waals surface area (Å²) < 4.78 is 0.596. The fourth-order valence-electron chi connectivity index (χ4n) is 1.70. The predicted molar refractivity (Wildman–Crippen MR) is 75.1 cm³/mol. The average molecular weight is 267 g/mol. The molecule has 2 nitrogen and oxygen atoms in total.